The molecule has 1 aliphatic heterocycles. The van der Waals surface area contributed by atoms with E-state index in [-0.39, 0.29) is 11.8 Å². The zero-order chi connectivity index (χ0) is 15.2. The molecule has 2 rings (SSSR count). The second-order valence-corrected chi connectivity index (χ2v) is 5.26. The van der Waals surface area contributed by atoms with Crippen molar-refractivity contribution < 1.29 is 14.3 Å². The van der Waals surface area contributed by atoms with Crippen LogP contribution in [-0.2, 0) is 22.4 Å². The van der Waals surface area contributed by atoms with Gasteiger partial charge in [0.25, 0.3) is 0 Å². The van der Waals surface area contributed by atoms with E-state index < -0.39 is 5.97 Å². The summed E-state index contributed by atoms with van der Waals surface area (Å²) in [4.78, 5) is 16.2. The number of esters is 1. The molecule has 0 saturated carbocycles. The first-order valence-corrected chi connectivity index (χ1v) is 7.80. The van der Waals surface area contributed by atoms with Crippen molar-refractivity contribution >= 4 is 11.8 Å². The lowest BCUT2D eigenvalue weighted by atomic mass is 10.1. The molecule has 118 valence electrons. The fourth-order valence-electron chi connectivity index (χ4n) is 2.69. The molecule has 1 fully saturated rings. The molecule has 0 aliphatic carbocycles. The number of ether oxygens (including phenoxy) is 2. The van der Waals surface area contributed by atoms with Crippen molar-refractivity contribution in [1.82, 2.24) is 9.55 Å². The minimum absolute atomic E-state index is 0.235. The van der Waals surface area contributed by atoms with Crippen LogP contribution in [0.5, 0.6) is 0 Å². The van der Waals surface area contributed by atoms with Crippen molar-refractivity contribution in [3.05, 3.63) is 11.5 Å². The van der Waals surface area contributed by atoms with Gasteiger partial charge in [-0.05, 0) is 32.6 Å². The van der Waals surface area contributed by atoms with Crippen LogP contribution in [0, 0.1) is 0 Å². The Balaban J connectivity index is 2.08. The number of aromatic nitrogens is 2. The second-order valence-electron chi connectivity index (χ2n) is 5.26. The number of carbonyl (C=O) groups excluding carboxylic acids is 1. The predicted octanol–water partition coefficient (Wildman–Crippen LogP) is 2.16. The number of nitrogens with two attached hydrogens (primary N) is 1. The summed E-state index contributed by atoms with van der Waals surface area (Å²) in [5.74, 6) is 0.782. The van der Waals surface area contributed by atoms with Crippen LogP contribution >= 0.6 is 0 Å². The summed E-state index contributed by atoms with van der Waals surface area (Å²) in [5.41, 5.74) is 6.32. The van der Waals surface area contributed by atoms with Crippen molar-refractivity contribution in [1.29, 1.82) is 0 Å². The zero-order valence-electron chi connectivity index (χ0n) is 12.9. The maximum atomic E-state index is 11.9. The minimum Gasteiger partial charge on any atom is -0.461 e. The summed E-state index contributed by atoms with van der Waals surface area (Å²) in [7, 11) is 0. The number of rotatable bonds is 6. The molecule has 0 aromatic carbocycles. The summed E-state index contributed by atoms with van der Waals surface area (Å²) >= 11 is 0. The zero-order valence-corrected chi connectivity index (χ0v) is 12.9. The Morgan fingerprint density at radius 1 is 1.48 bits per heavy atom. The van der Waals surface area contributed by atoms with Gasteiger partial charge in [-0.3, -0.25) is 0 Å². The van der Waals surface area contributed by atoms with Crippen molar-refractivity contribution in [3.63, 3.8) is 0 Å². The Kier molecular flexibility index (Phi) is 5.61. The highest BCUT2D eigenvalue weighted by molar-refractivity contribution is 5.92. The van der Waals surface area contributed by atoms with E-state index in [9.17, 15) is 4.79 Å². The van der Waals surface area contributed by atoms with E-state index in [4.69, 9.17) is 15.2 Å². The first-order chi connectivity index (χ1) is 10.2. The highest BCUT2D eigenvalue weighted by Gasteiger charge is 2.22. The number of nitrogen functional groups attached to an aromatic ring is 1. The summed E-state index contributed by atoms with van der Waals surface area (Å²) in [6.45, 7) is 5.67. The van der Waals surface area contributed by atoms with Crippen molar-refractivity contribution in [2.75, 3.05) is 18.9 Å². The summed E-state index contributed by atoms with van der Waals surface area (Å²) in [6, 6.07) is 0. The molecule has 0 radical (unpaired) electrons. The van der Waals surface area contributed by atoms with Gasteiger partial charge in [-0.15, -0.1) is 0 Å². The molecule has 0 spiro atoms. The molecule has 1 unspecified atom stereocenters. The number of aryl methyl sites for hydroxylation is 1. The number of hydrogen-bond donors (Lipinski definition) is 1. The Morgan fingerprint density at radius 2 is 2.29 bits per heavy atom. The third-order valence-electron chi connectivity index (χ3n) is 3.82. The normalized spacial score (nSPS) is 18.7. The van der Waals surface area contributed by atoms with Gasteiger partial charge in [-0.1, -0.05) is 6.92 Å². The second kappa shape index (κ2) is 7.45. The predicted molar refractivity (Wildman–Crippen MR) is 80.2 cm³/mol. The molecule has 21 heavy (non-hydrogen) atoms. The highest BCUT2D eigenvalue weighted by atomic mass is 16.5. The van der Waals surface area contributed by atoms with Gasteiger partial charge in [0.2, 0.25) is 0 Å². The third-order valence-corrected chi connectivity index (χ3v) is 3.82. The topological polar surface area (TPSA) is 79.4 Å². The fraction of sp³-hybridized carbons (Fsp3) is 0.733. The van der Waals surface area contributed by atoms with Crippen LogP contribution in [0.2, 0.25) is 0 Å². The molecule has 0 amide bonds. The van der Waals surface area contributed by atoms with E-state index in [1.807, 2.05) is 11.5 Å². The minimum atomic E-state index is -0.447. The van der Waals surface area contributed by atoms with Gasteiger partial charge < -0.3 is 19.8 Å². The van der Waals surface area contributed by atoms with Gasteiger partial charge in [0.05, 0.1) is 12.7 Å². The van der Waals surface area contributed by atoms with Crippen LogP contribution in [0.25, 0.3) is 0 Å². The molecular weight excluding hydrogens is 270 g/mol. The van der Waals surface area contributed by atoms with Gasteiger partial charge in [-0.2, -0.15) is 0 Å². The van der Waals surface area contributed by atoms with Crippen molar-refractivity contribution in [2.45, 2.75) is 58.6 Å². The highest BCUT2D eigenvalue weighted by Crippen LogP contribution is 2.21. The molecular formula is C15H25N3O3. The van der Waals surface area contributed by atoms with E-state index in [1.54, 1.807) is 6.92 Å². The van der Waals surface area contributed by atoms with Crippen LogP contribution in [0.4, 0.5) is 5.82 Å². The van der Waals surface area contributed by atoms with Crippen LogP contribution < -0.4 is 5.73 Å². The number of carbonyl (C=O) groups is 1. The number of hydrogen-bond acceptors (Lipinski definition) is 5. The lowest BCUT2D eigenvalue weighted by Gasteiger charge is -2.23. The monoisotopic (exact) mass is 295 g/mol. The lowest BCUT2D eigenvalue weighted by molar-refractivity contribution is 0.00879. The molecule has 6 nitrogen and oxygen atoms in total. The largest absolute Gasteiger partial charge is 0.461 e. The fourth-order valence-corrected chi connectivity index (χ4v) is 2.69. The standard InChI is InChI=1S/C15H25N3O3/c1-3-12-17-13(15(19)20-4-2)14(16)18(12)9-8-11-7-5-6-10-21-11/h11H,3-10,16H2,1-2H3. The summed E-state index contributed by atoms with van der Waals surface area (Å²) < 4.78 is 12.7. The third kappa shape index (κ3) is 3.75. The van der Waals surface area contributed by atoms with Gasteiger partial charge >= 0.3 is 5.97 Å². The maximum Gasteiger partial charge on any atom is 0.360 e. The Hall–Kier alpha value is -1.56. The Labute approximate surface area is 125 Å². The van der Waals surface area contributed by atoms with E-state index in [0.717, 1.165) is 44.7 Å². The smallest absolute Gasteiger partial charge is 0.360 e. The van der Waals surface area contributed by atoms with Crippen LogP contribution in [0.15, 0.2) is 0 Å². The molecule has 1 saturated heterocycles. The van der Waals surface area contributed by atoms with E-state index in [0.29, 0.717) is 12.4 Å². The molecule has 1 aromatic heterocycles. The number of anilines is 1. The van der Waals surface area contributed by atoms with Gasteiger partial charge in [0.1, 0.15) is 11.6 Å². The van der Waals surface area contributed by atoms with Crippen molar-refractivity contribution in [2.24, 2.45) is 0 Å². The number of nitrogens with zero attached hydrogens (tertiary/aromatic N) is 2. The van der Waals surface area contributed by atoms with E-state index in [1.165, 1.54) is 6.42 Å². The SMILES string of the molecule is CCOC(=O)c1nc(CC)n(CCC2CCCCO2)c1N. The van der Waals surface area contributed by atoms with Crippen LogP contribution in [0.3, 0.4) is 0 Å². The maximum absolute atomic E-state index is 11.9. The molecule has 2 heterocycles. The van der Waals surface area contributed by atoms with Crippen LogP contribution in [-0.4, -0.2) is 34.8 Å². The quantitative estimate of drug-likeness (QED) is 0.814. The average Bonchev–Trinajstić information content (AvgIpc) is 2.83. The Morgan fingerprint density at radius 3 is 2.90 bits per heavy atom. The molecule has 0 bridgehead atoms. The van der Waals surface area contributed by atoms with Gasteiger partial charge in [0.15, 0.2) is 5.69 Å². The van der Waals surface area contributed by atoms with E-state index in [2.05, 4.69) is 4.98 Å². The van der Waals surface area contributed by atoms with E-state index >= 15 is 0 Å². The Bertz CT molecular complexity index is 479. The molecule has 2 N–H and O–H groups in total. The number of imidazole rings is 1. The van der Waals surface area contributed by atoms with Gasteiger partial charge in [-0.25, -0.2) is 9.78 Å². The molecule has 1 aliphatic rings. The first kappa shape index (κ1) is 15.8. The summed E-state index contributed by atoms with van der Waals surface area (Å²) in [6.07, 6.45) is 5.39. The lowest BCUT2D eigenvalue weighted by Crippen LogP contribution is -2.21. The first-order valence-electron chi connectivity index (χ1n) is 7.80. The van der Waals surface area contributed by atoms with Crippen molar-refractivity contribution in [3.8, 4) is 0 Å². The molecule has 1 atom stereocenters. The van der Waals surface area contributed by atoms with Crippen LogP contribution in [0.1, 0.15) is 55.8 Å². The molecule has 1 aromatic rings. The van der Waals surface area contributed by atoms with Gasteiger partial charge in [0, 0.05) is 19.6 Å². The summed E-state index contributed by atoms with van der Waals surface area (Å²) in [5, 5.41) is 0. The average molecular weight is 295 g/mol. The molecule has 6 heteroatoms.